The van der Waals surface area contributed by atoms with Gasteiger partial charge in [-0.2, -0.15) is 0 Å². The van der Waals surface area contributed by atoms with E-state index in [0.29, 0.717) is 17.5 Å². The maximum absolute atomic E-state index is 13.8. The van der Waals surface area contributed by atoms with Gasteiger partial charge in [-0.3, -0.25) is 9.78 Å². The van der Waals surface area contributed by atoms with Crippen LogP contribution in [0.1, 0.15) is 55.1 Å². The average Bonchev–Trinajstić information content (AvgIpc) is 2.98. The van der Waals surface area contributed by atoms with Gasteiger partial charge in [0.15, 0.2) is 0 Å². The number of aromatic nitrogens is 1. The molecule has 42 heavy (non-hydrogen) atoms. The maximum atomic E-state index is 13.8. The van der Waals surface area contributed by atoms with E-state index in [4.69, 9.17) is 11.6 Å². The molecule has 0 saturated carbocycles. The van der Waals surface area contributed by atoms with E-state index < -0.39 is 0 Å². The Kier molecular flexibility index (Phi) is 9.15. The van der Waals surface area contributed by atoms with Gasteiger partial charge in [-0.1, -0.05) is 29.8 Å². The third-order valence-electron chi connectivity index (χ3n) is 7.96. The maximum Gasteiger partial charge on any atom is 0.232 e. The Hall–Kier alpha value is -3.87. The summed E-state index contributed by atoms with van der Waals surface area (Å²) in [7, 11) is 4.21. The van der Waals surface area contributed by atoms with E-state index in [0.717, 1.165) is 46.7 Å². The standard InChI is InChI=1S/C35H40ClN5O/c1-24(2)40(21-20-39(4)5)32-13-8-28-22-34(42)41(35(33(28)23-32)27-6-9-29(36)10-7-27)31-14-11-30(12-15-31)38-25(3)26-16-18-37-19-17-26/h6-19,23-25,35,38H,20-22H2,1-5H3. The lowest BCUT2D eigenvalue weighted by Gasteiger charge is -2.39. The van der Waals surface area contributed by atoms with Gasteiger partial charge in [0.1, 0.15) is 0 Å². The molecule has 6 nitrogen and oxygen atoms in total. The van der Waals surface area contributed by atoms with Crippen molar-refractivity contribution in [1.29, 1.82) is 0 Å². The fourth-order valence-electron chi connectivity index (χ4n) is 5.67. The Balaban J connectivity index is 1.51. The molecule has 0 saturated heterocycles. The van der Waals surface area contributed by atoms with Gasteiger partial charge in [-0.05, 0) is 118 Å². The van der Waals surface area contributed by atoms with Crippen LogP contribution in [0.25, 0.3) is 0 Å². The number of pyridine rings is 1. The van der Waals surface area contributed by atoms with Crippen LogP contribution in [-0.4, -0.2) is 49.0 Å². The highest BCUT2D eigenvalue weighted by molar-refractivity contribution is 6.30. The fraction of sp³-hybridized carbons (Fsp3) is 0.314. The molecule has 0 aliphatic carbocycles. The topological polar surface area (TPSA) is 51.7 Å². The van der Waals surface area contributed by atoms with Crippen LogP contribution in [0.4, 0.5) is 17.1 Å². The third kappa shape index (κ3) is 6.61. The summed E-state index contributed by atoms with van der Waals surface area (Å²) in [4.78, 5) is 24.5. The van der Waals surface area contributed by atoms with E-state index in [9.17, 15) is 4.79 Å². The summed E-state index contributed by atoms with van der Waals surface area (Å²) in [5.41, 5.74) is 7.45. The summed E-state index contributed by atoms with van der Waals surface area (Å²) in [6.07, 6.45) is 3.97. The summed E-state index contributed by atoms with van der Waals surface area (Å²) in [6, 6.07) is 26.9. The number of likely N-dealkylation sites (N-methyl/N-ethyl adjacent to an activating group) is 1. The number of carbonyl (C=O) groups excluding carboxylic acids is 1. The predicted octanol–water partition coefficient (Wildman–Crippen LogP) is 7.36. The van der Waals surface area contributed by atoms with E-state index in [2.05, 4.69) is 73.2 Å². The second-order valence-corrected chi connectivity index (χ2v) is 12.0. The van der Waals surface area contributed by atoms with E-state index in [1.54, 1.807) is 12.4 Å². The smallest absolute Gasteiger partial charge is 0.232 e. The van der Waals surface area contributed by atoms with Crippen LogP contribution in [0.15, 0.2) is 91.3 Å². The Bertz CT molecular complexity index is 1490. The molecular formula is C35H40ClN5O. The molecule has 0 spiro atoms. The van der Waals surface area contributed by atoms with Crippen molar-refractivity contribution in [3.8, 4) is 0 Å². The minimum atomic E-state index is -0.268. The first-order valence-electron chi connectivity index (χ1n) is 14.6. The Morgan fingerprint density at radius 1 is 0.929 bits per heavy atom. The number of carbonyl (C=O) groups is 1. The highest BCUT2D eigenvalue weighted by Gasteiger charge is 2.35. The van der Waals surface area contributed by atoms with Crippen LogP contribution in [0.2, 0.25) is 5.02 Å². The first-order valence-corrected chi connectivity index (χ1v) is 15.0. The summed E-state index contributed by atoms with van der Waals surface area (Å²) < 4.78 is 0. The lowest BCUT2D eigenvalue weighted by Crippen LogP contribution is -2.41. The lowest BCUT2D eigenvalue weighted by atomic mass is 9.86. The molecule has 1 aliphatic rings. The largest absolute Gasteiger partial charge is 0.379 e. The molecule has 5 rings (SSSR count). The minimum absolute atomic E-state index is 0.0781. The fourth-order valence-corrected chi connectivity index (χ4v) is 5.80. The molecular weight excluding hydrogens is 542 g/mol. The number of anilines is 3. The number of nitrogens with zero attached hydrogens (tertiary/aromatic N) is 4. The van der Waals surface area contributed by atoms with Crippen LogP contribution in [0, 0.1) is 0 Å². The number of nitrogens with one attached hydrogen (secondary N) is 1. The Labute approximate surface area is 254 Å². The molecule has 1 aliphatic heterocycles. The van der Waals surface area contributed by atoms with Gasteiger partial charge in [-0.25, -0.2) is 0 Å². The SMILES string of the molecule is CC(Nc1ccc(N2C(=O)Cc3ccc(N(CCN(C)C)C(C)C)cc3C2c2ccc(Cl)cc2)cc1)c1ccncc1. The van der Waals surface area contributed by atoms with Gasteiger partial charge in [0.25, 0.3) is 0 Å². The molecule has 7 heteroatoms. The van der Waals surface area contributed by atoms with E-state index >= 15 is 0 Å². The monoisotopic (exact) mass is 581 g/mol. The predicted molar refractivity (Wildman–Crippen MR) is 175 cm³/mol. The molecule has 0 bridgehead atoms. The van der Waals surface area contributed by atoms with Crippen molar-refractivity contribution in [3.63, 3.8) is 0 Å². The van der Waals surface area contributed by atoms with E-state index in [-0.39, 0.29) is 18.0 Å². The molecule has 1 N–H and O–H groups in total. The van der Waals surface area contributed by atoms with Crippen LogP contribution in [-0.2, 0) is 11.2 Å². The number of amides is 1. The zero-order chi connectivity index (χ0) is 29.8. The van der Waals surface area contributed by atoms with Crippen molar-refractivity contribution in [2.24, 2.45) is 0 Å². The van der Waals surface area contributed by atoms with E-state index in [1.165, 1.54) is 5.69 Å². The summed E-state index contributed by atoms with van der Waals surface area (Å²) in [6.45, 7) is 8.46. The van der Waals surface area contributed by atoms with Gasteiger partial charge in [-0.15, -0.1) is 0 Å². The van der Waals surface area contributed by atoms with Crippen LogP contribution in [0.5, 0.6) is 0 Å². The van der Waals surface area contributed by atoms with Gasteiger partial charge in [0, 0.05) is 59.7 Å². The van der Waals surface area contributed by atoms with Crippen LogP contribution >= 0.6 is 11.6 Å². The first kappa shape index (κ1) is 29.6. The Morgan fingerprint density at radius 2 is 1.62 bits per heavy atom. The molecule has 1 aromatic heterocycles. The molecule has 0 radical (unpaired) electrons. The number of halogens is 1. The van der Waals surface area contributed by atoms with Crippen molar-refractivity contribution in [2.45, 2.75) is 45.3 Å². The van der Waals surface area contributed by atoms with Crippen LogP contribution < -0.4 is 15.1 Å². The molecule has 2 atom stereocenters. The molecule has 2 unspecified atom stereocenters. The molecule has 4 aromatic rings. The molecule has 2 heterocycles. The van der Waals surface area contributed by atoms with Crippen molar-refractivity contribution in [2.75, 3.05) is 42.3 Å². The van der Waals surface area contributed by atoms with Crippen molar-refractivity contribution in [1.82, 2.24) is 9.88 Å². The van der Waals surface area contributed by atoms with Crippen LogP contribution in [0.3, 0.4) is 0 Å². The van der Waals surface area contributed by atoms with Crippen molar-refractivity contribution < 1.29 is 4.79 Å². The molecule has 3 aromatic carbocycles. The first-order chi connectivity index (χ1) is 20.2. The Morgan fingerprint density at radius 3 is 2.26 bits per heavy atom. The molecule has 218 valence electrons. The summed E-state index contributed by atoms with van der Waals surface area (Å²) in [5, 5.41) is 4.24. The van der Waals surface area contributed by atoms with Gasteiger partial charge < -0.3 is 20.0 Å². The highest BCUT2D eigenvalue weighted by Crippen LogP contribution is 2.41. The summed E-state index contributed by atoms with van der Waals surface area (Å²) >= 11 is 6.30. The number of hydrogen-bond acceptors (Lipinski definition) is 5. The normalized spacial score (nSPS) is 15.6. The van der Waals surface area contributed by atoms with Crippen molar-refractivity contribution >= 4 is 34.6 Å². The second-order valence-electron chi connectivity index (χ2n) is 11.6. The number of rotatable bonds is 10. The van der Waals surface area contributed by atoms with Crippen molar-refractivity contribution in [3.05, 3.63) is 119 Å². The highest BCUT2D eigenvalue weighted by atomic mass is 35.5. The van der Waals surface area contributed by atoms with Gasteiger partial charge in [0.05, 0.1) is 12.5 Å². The van der Waals surface area contributed by atoms with E-state index in [1.807, 2.05) is 65.6 Å². The molecule has 0 fully saturated rings. The average molecular weight is 582 g/mol. The third-order valence-corrected chi connectivity index (χ3v) is 8.21. The summed E-state index contributed by atoms with van der Waals surface area (Å²) in [5.74, 6) is 0.0781. The number of benzene rings is 3. The quantitative estimate of drug-likeness (QED) is 0.212. The zero-order valence-corrected chi connectivity index (χ0v) is 25.8. The number of fused-ring (bicyclic) bond motifs is 1. The molecule has 1 amide bonds. The van der Waals surface area contributed by atoms with Gasteiger partial charge >= 0.3 is 0 Å². The number of hydrogen-bond donors (Lipinski definition) is 1. The van der Waals surface area contributed by atoms with Gasteiger partial charge in [0.2, 0.25) is 5.91 Å². The second kappa shape index (κ2) is 13.0. The zero-order valence-electron chi connectivity index (χ0n) is 25.1. The lowest BCUT2D eigenvalue weighted by molar-refractivity contribution is -0.118. The minimum Gasteiger partial charge on any atom is -0.379 e.